The zero-order chi connectivity index (χ0) is 15.6. The third kappa shape index (κ3) is 4.02. The molecule has 1 aliphatic heterocycles. The SMILES string of the molecule is CC(C)CN1CCN(C(=O)c2cc(N)cc(Cl)c2Cl)CC1. The second kappa shape index (κ2) is 6.86. The predicted octanol–water partition coefficient (Wildman–Crippen LogP) is 2.99. The molecule has 1 fully saturated rings. The molecule has 116 valence electrons. The lowest BCUT2D eigenvalue weighted by Gasteiger charge is -2.35. The first-order valence-electron chi connectivity index (χ1n) is 7.14. The Bertz CT molecular complexity index is 526. The van der Waals surface area contributed by atoms with Crippen LogP contribution in [0.4, 0.5) is 5.69 Å². The standard InChI is InChI=1S/C15H21Cl2N3O/c1-10(2)9-19-3-5-20(6-4-19)15(21)12-7-11(18)8-13(16)14(12)17/h7-8,10H,3-6,9,18H2,1-2H3. The van der Waals surface area contributed by atoms with Gasteiger partial charge in [-0.05, 0) is 18.1 Å². The number of piperazine rings is 1. The van der Waals surface area contributed by atoms with Gasteiger partial charge < -0.3 is 10.6 Å². The molecule has 1 amide bonds. The molecule has 0 spiro atoms. The molecule has 0 radical (unpaired) electrons. The zero-order valence-electron chi connectivity index (χ0n) is 12.4. The monoisotopic (exact) mass is 329 g/mol. The molecule has 0 atom stereocenters. The van der Waals surface area contributed by atoms with Crippen molar-refractivity contribution < 1.29 is 4.79 Å². The number of benzene rings is 1. The molecule has 0 aromatic heterocycles. The minimum Gasteiger partial charge on any atom is -0.399 e. The van der Waals surface area contributed by atoms with E-state index in [9.17, 15) is 4.79 Å². The van der Waals surface area contributed by atoms with Gasteiger partial charge in [-0.1, -0.05) is 37.0 Å². The van der Waals surface area contributed by atoms with Crippen molar-refractivity contribution in [2.24, 2.45) is 5.92 Å². The molecule has 6 heteroatoms. The first kappa shape index (κ1) is 16.4. The average molecular weight is 330 g/mol. The highest BCUT2D eigenvalue weighted by Gasteiger charge is 2.24. The van der Waals surface area contributed by atoms with Crippen LogP contribution in [0.25, 0.3) is 0 Å². The minimum atomic E-state index is -0.0987. The van der Waals surface area contributed by atoms with E-state index in [1.165, 1.54) is 0 Å². The normalized spacial score (nSPS) is 16.5. The largest absolute Gasteiger partial charge is 0.399 e. The van der Waals surface area contributed by atoms with Crippen molar-refractivity contribution in [1.29, 1.82) is 0 Å². The number of rotatable bonds is 3. The van der Waals surface area contributed by atoms with E-state index in [4.69, 9.17) is 28.9 Å². The Morgan fingerprint density at radius 2 is 1.86 bits per heavy atom. The molecule has 2 N–H and O–H groups in total. The van der Waals surface area contributed by atoms with Crippen molar-refractivity contribution in [2.75, 3.05) is 38.5 Å². The van der Waals surface area contributed by atoms with Gasteiger partial charge in [0.25, 0.3) is 5.91 Å². The third-order valence-electron chi connectivity index (χ3n) is 3.56. The number of hydrogen-bond donors (Lipinski definition) is 1. The van der Waals surface area contributed by atoms with E-state index in [2.05, 4.69) is 18.7 Å². The number of nitrogens with zero attached hydrogens (tertiary/aromatic N) is 2. The zero-order valence-corrected chi connectivity index (χ0v) is 13.9. The first-order chi connectivity index (χ1) is 9.88. The van der Waals surface area contributed by atoms with Crippen molar-refractivity contribution in [3.05, 3.63) is 27.7 Å². The van der Waals surface area contributed by atoms with Gasteiger partial charge in [0.15, 0.2) is 0 Å². The summed E-state index contributed by atoms with van der Waals surface area (Å²) in [5, 5.41) is 0.596. The smallest absolute Gasteiger partial charge is 0.255 e. The molecule has 1 saturated heterocycles. The molecule has 0 bridgehead atoms. The van der Waals surface area contributed by atoms with Crippen LogP contribution in [-0.2, 0) is 0 Å². The summed E-state index contributed by atoms with van der Waals surface area (Å²) in [7, 11) is 0. The highest BCUT2D eigenvalue weighted by atomic mass is 35.5. The molecule has 2 rings (SSSR count). The predicted molar refractivity (Wildman–Crippen MR) is 88.1 cm³/mol. The van der Waals surface area contributed by atoms with Crippen molar-refractivity contribution in [3.8, 4) is 0 Å². The second-order valence-corrected chi connectivity index (χ2v) is 6.64. The van der Waals surface area contributed by atoms with Crippen LogP contribution >= 0.6 is 23.2 Å². The Balaban J connectivity index is 2.06. The summed E-state index contributed by atoms with van der Waals surface area (Å²) in [5.74, 6) is 0.535. The van der Waals surface area contributed by atoms with Gasteiger partial charge in [-0.15, -0.1) is 0 Å². The van der Waals surface area contributed by atoms with Crippen LogP contribution in [-0.4, -0.2) is 48.4 Å². The molecule has 4 nitrogen and oxygen atoms in total. The average Bonchev–Trinajstić information content (AvgIpc) is 2.42. The molecule has 1 aromatic carbocycles. The van der Waals surface area contributed by atoms with Crippen LogP contribution in [0.3, 0.4) is 0 Å². The van der Waals surface area contributed by atoms with E-state index in [1.807, 2.05) is 4.90 Å². The highest BCUT2D eigenvalue weighted by molar-refractivity contribution is 6.44. The lowest BCUT2D eigenvalue weighted by atomic mass is 10.1. The van der Waals surface area contributed by atoms with Crippen molar-refractivity contribution in [3.63, 3.8) is 0 Å². The second-order valence-electron chi connectivity index (χ2n) is 5.85. The van der Waals surface area contributed by atoms with Gasteiger partial charge in [-0.2, -0.15) is 0 Å². The molecular formula is C15H21Cl2N3O. The fourth-order valence-electron chi connectivity index (χ4n) is 2.59. The highest BCUT2D eigenvalue weighted by Crippen LogP contribution is 2.29. The number of amides is 1. The van der Waals surface area contributed by atoms with Crippen LogP contribution in [0, 0.1) is 5.92 Å². The van der Waals surface area contributed by atoms with Gasteiger partial charge in [0.05, 0.1) is 15.6 Å². The first-order valence-corrected chi connectivity index (χ1v) is 7.90. The molecule has 1 aromatic rings. The van der Waals surface area contributed by atoms with Gasteiger partial charge in [0.1, 0.15) is 0 Å². The molecule has 1 heterocycles. The Morgan fingerprint density at radius 3 is 2.43 bits per heavy atom. The molecule has 0 aliphatic carbocycles. The Morgan fingerprint density at radius 1 is 1.24 bits per heavy atom. The fourth-order valence-corrected chi connectivity index (χ4v) is 3.00. The summed E-state index contributed by atoms with van der Waals surface area (Å²) in [6.45, 7) is 8.64. The fraction of sp³-hybridized carbons (Fsp3) is 0.533. The molecule has 0 saturated carbocycles. The van der Waals surface area contributed by atoms with E-state index < -0.39 is 0 Å². The Labute approximate surface area is 135 Å². The van der Waals surface area contributed by atoms with Crippen molar-refractivity contribution >= 4 is 34.8 Å². The maximum absolute atomic E-state index is 12.6. The van der Waals surface area contributed by atoms with E-state index in [1.54, 1.807) is 12.1 Å². The maximum Gasteiger partial charge on any atom is 0.255 e. The molecule has 1 aliphatic rings. The van der Waals surface area contributed by atoms with Crippen LogP contribution < -0.4 is 5.73 Å². The summed E-state index contributed by atoms with van der Waals surface area (Å²) in [4.78, 5) is 16.8. The quantitative estimate of drug-likeness (QED) is 0.867. The summed E-state index contributed by atoms with van der Waals surface area (Å²) in [6, 6.07) is 3.15. The summed E-state index contributed by atoms with van der Waals surface area (Å²) in [6.07, 6.45) is 0. The summed E-state index contributed by atoms with van der Waals surface area (Å²) in [5.41, 5.74) is 6.59. The van der Waals surface area contributed by atoms with Crippen LogP contribution in [0.5, 0.6) is 0 Å². The molecule has 21 heavy (non-hydrogen) atoms. The Kier molecular flexibility index (Phi) is 5.36. The number of carbonyl (C=O) groups excluding carboxylic acids is 1. The number of hydrogen-bond acceptors (Lipinski definition) is 3. The van der Waals surface area contributed by atoms with E-state index in [-0.39, 0.29) is 10.9 Å². The van der Waals surface area contributed by atoms with Gasteiger partial charge in [0.2, 0.25) is 0 Å². The summed E-state index contributed by atoms with van der Waals surface area (Å²) < 4.78 is 0. The number of nitrogens with two attached hydrogens (primary N) is 1. The minimum absolute atomic E-state index is 0.0987. The van der Waals surface area contributed by atoms with Gasteiger partial charge >= 0.3 is 0 Å². The maximum atomic E-state index is 12.6. The lowest BCUT2D eigenvalue weighted by molar-refractivity contribution is 0.0624. The summed E-state index contributed by atoms with van der Waals surface area (Å²) >= 11 is 12.1. The molecular weight excluding hydrogens is 309 g/mol. The third-order valence-corrected chi connectivity index (χ3v) is 4.37. The van der Waals surface area contributed by atoms with Crippen molar-refractivity contribution in [2.45, 2.75) is 13.8 Å². The Hall–Kier alpha value is -0.970. The molecule has 0 unspecified atom stereocenters. The van der Waals surface area contributed by atoms with Gasteiger partial charge in [0, 0.05) is 38.4 Å². The topological polar surface area (TPSA) is 49.6 Å². The number of anilines is 1. The van der Waals surface area contributed by atoms with Gasteiger partial charge in [-0.25, -0.2) is 0 Å². The lowest BCUT2D eigenvalue weighted by Crippen LogP contribution is -2.49. The number of nitrogen functional groups attached to an aromatic ring is 1. The van der Waals surface area contributed by atoms with Crippen LogP contribution in [0.1, 0.15) is 24.2 Å². The van der Waals surface area contributed by atoms with Crippen LogP contribution in [0.15, 0.2) is 12.1 Å². The van der Waals surface area contributed by atoms with E-state index in [0.717, 1.165) is 19.6 Å². The van der Waals surface area contributed by atoms with Crippen LogP contribution in [0.2, 0.25) is 10.0 Å². The van der Waals surface area contributed by atoms with Crippen molar-refractivity contribution in [1.82, 2.24) is 9.80 Å². The van der Waals surface area contributed by atoms with Gasteiger partial charge in [-0.3, -0.25) is 9.69 Å². The number of carbonyl (C=O) groups is 1. The van der Waals surface area contributed by atoms with E-state index in [0.29, 0.717) is 35.3 Å². The number of halogens is 2. The van der Waals surface area contributed by atoms with E-state index >= 15 is 0 Å².